The Bertz CT molecular complexity index is 814. The standard InChI is InChI=1S/C20H23N3O2/c1-12-21-18-15(23(12)2)9-8-14-17(18)22-16(13-6-4-3-5-7-13)20-19(14)24-10-11-25-20/h3-9,14,16-17,19-20,22H,10-11H2,1-2H3/t14?,16-,17?,19-,20-/m1/s1. The van der Waals surface area contributed by atoms with E-state index >= 15 is 0 Å². The van der Waals surface area contributed by atoms with Gasteiger partial charge in [0.1, 0.15) is 11.9 Å². The summed E-state index contributed by atoms with van der Waals surface area (Å²) in [6, 6.07) is 10.8. The number of fused-ring (bicyclic) bond motifs is 5. The first-order valence-corrected chi connectivity index (χ1v) is 8.99. The van der Waals surface area contributed by atoms with Crippen LogP contribution in [-0.4, -0.2) is 35.0 Å². The molecule has 1 N–H and O–H groups in total. The van der Waals surface area contributed by atoms with Crippen molar-refractivity contribution < 1.29 is 9.47 Å². The van der Waals surface area contributed by atoms with Gasteiger partial charge in [0.15, 0.2) is 0 Å². The second-order valence-corrected chi connectivity index (χ2v) is 7.13. The predicted octanol–water partition coefficient (Wildman–Crippen LogP) is 2.54. The van der Waals surface area contributed by atoms with Crippen LogP contribution in [0.1, 0.15) is 34.9 Å². The smallest absolute Gasteiger partial charge is 0.106 e. The summed E-state index contributed by atoms with van der Waals surface area (Å²) in [5.41, 5.74) is 3.56. The van der Waals surface area contributed by atoms with Gasteiger partial charge in [0.2, 0.25) is 0 Å². The van der Waals surface area contributed by atoms with Crippen LogP contribution in [0.25, 0.3) is 6.08 Å². The van der Waals surface area contributed by atoms with Gasteiger partial charge < -0.3 is 14.0 Å². The molecule has 5 heteroatoms. The maximum absolute atomic E-state index is 6.20. The molecule has 2 unspecified atom stereocenters. The third-order valence-electron chi connectivity index (χ3n) is 5.80. The number of ether oxygens (including phenoxy) is 2. The minimum Gasteiger partial charge on any atom is -0.372 e. The molecule has 0 saturated carbocycles. The van der Waals surface area contributed by atoms with Gasteiger partial charge in [-0.25, -0.2) is 4.98 Å². The Hall–Kier alpha value is -1.95. The number of aromatic nitrogens is 2. The molecule has 0 spiro atoms. The van der Waals surface area contributed by atoms with Crippen molar-refractivity contribution in [2.24, 2.45) is 13.0 Å². The largest absolute Gasteiger partial charge is 0.372 e. The molecular weight excluding hydrogens is 314 g/mol. The molecule has 25 heavy (non-hydrogen) atoms. The van der Waals surface area contributed by atoms with E-state index in [4.69, 9.17) is 14.5 Å². The summed E-state index contributed by atoms with van der Waals surface area (Å²) in [5, 5.41) is 3.84. The quantitative estimate of drug-likeness (QED) is 0.869. The zero-order chi connectivity index (χ0) is 17.0. The van der Waals surface area contributed by atoms with Crippen LogP contribution in [0.2, 0.25) is 0 Å². The highest BCUT2D eigenvalue weighted by atomic mass is 16.6. The van der Waals surface area contributed by atoms with Crippen LogP contribution < -0.4 is 5.32 Å². The molecule has 0 bridgehead atoms. The number of piperidine rings is 1. The van der Waals surface area contributed by atoms with Crippen molar-refractivity contribution in [3.63, 3.8) is 0 Å². The van der Waals surface area contributed by atoms with Crippen LogP contribution in [0.5, 0.6) is 0 Å². The molecule has 1 aliphatic carbocycles. The fourth-order valence-corrected chi connectivity index (χ4v) is 4.47. The molecule has 5 nitrogen and oxygen atoms in total. The van der Waals surface area contributed by atoms with E-state index in [1.54, 1.807) is 0 Å². The van der Waals surface area contributed by atoms with Crippen molar-refractivity contribution in [3.8, 4) is 0 Å². The number of aryl methyl sites for hydroxylation is 1. The third kappa shape index (κ3) is 2.30. The van der Waals surface area contributed by atoms with Crippen molar-refractivity contribution in [3.05, 3.63) is 59.2 Å². The number of benzene rings is 1. The van der Waals surface area contributed by atoms with Crippen molar-refractivity contribution in [1.82, 2.24) is 14.9 Å². The first kappa shape index (κ1) is 15.3. The third-order valence-corrected chi connectivity index (χ3v) is 5.80. The van der Waals surface area contributed by atoms with E-state index in [0.29, 0.717) is 13.2 Å². The fourth-order valence-electron chi connectivity index (χ4n) is 4.47. The minimum absolute atomic E-state index is 0.0217. The molecule has 0 amide bonds. The molecule has 1 aromatic carbocycles. The van der Waals surface area contributed by atoms with E-state index in [9.17, 15) is 0 Å². The number of imidazole rings is 1. The molecule has 3 heterocycles. The van der Waals surface area contributed by atoms with Crippen LogP contribution >= 0.6 is 0 Å². The van der Waals surface area contributed by atoms with Gasteiger partial charge in [-0.05, 0) is 18.6 Å². The maximum Gasteiger partial charge on any atom is 0.106 e. The summed E-state index contributed by atoms with van der Waals surface area (Å²) in [4.78, 5) is 4.85. The van der Waals surface area contributed by atoms with Gasteiger partial charge in [-0.2, -0.15) is 0 Å². The number of nitrogens with zero attached hydrogens (tertiary/aromatic N) is 2. The van der Waals surface area contributed by atoms with Crippen LogP contribution in [0.3, 0.4) is 0 Å². The van der Waals surface area contributed by atoms with Crippen molar-refractivity contribution in [2.45, 2.75) is 31.2 Å². The molecule has 5 atom stereocenters. The van der Waals surface area contributed by atoms with Crippen LogP contribution in [0, 0.1) is 12.8 Å². The zero-order valence-corrected chi connectivity index (χ0v) is 14.6. The second kappa shape index (κ2) is 5.80. The van der Waals surface area contributed by atoms with Gasteiger partial charge in [0, 0.05) is 13.0 Å². The average Bonchev–Trinajstić information content (AvgIpc) is 2.96. The molecule has 2 aliphatic heterocycles. The van der Waals surface area contributed by atoms with Gasteiger partial charge in [0.25, 0.3) is 0 Å². The maximum atomic E-state index is 6.20. The number of hydrogen-bond acceptors (Lipinski definition) is 4. The molecule has 2 fully saturated rings. The molecule has 3 aliphatic rings. The van der Waals surface area contributed by atoms with E-state index in [1.165, 1.54) is 11.3 Å². The number of hydrogen-bond donors (Lipinski definition) is 1. The fraction of sp³-hybridized carbons (Fsp3) is 0.450. The summed E-state index contributed by atoms with van der Waals surface area (Å²) in [7, 11) is 2.08. The van der Waals surface area contributed by atoms with Gasteiger partial charge in [-0.1, -0.05) is 36.4 Å². The van der Waals surface area contributed by atoms with E-state index in [0.717, 1.165) is 11.5 Å². The summed E-state index contributed by atoms with van der Waals surface area (Å²) in [6.07, 6.45) is 4.54. The minimum atomic E-state index is 0.0217. The lowest BCUT2D eigenvalue weighted by Crippen LogP contribution is -2.58. The Morgan fingerprint density at radius 2 is 1.84 bits per heavy atom. The molecule has 130 valence electrons. The Labute approximate surface area is 147 Å². The molecule has 1 aromatic heterocycles. The van der Waals surface area contributed by atoms with Gasteiger partial charge in [0.05, 0.1) is 42.8 Å². The van der Waals surface area contributed by atoms with E-state index in [1.807, 2.05) is 0 Å². The highest BCUT2D eigenvalue weighted by Gasteiger charge is 2.49. The molecular formula is C20H23N3O2. The van der Waals surface area contributed by atoms with E-state index in [2.05, 4.69) is 66.3 Å². The molecule has 5 rings (SSSR count). The highest BCUT2D eigenvalue weighted by Crippen LogP contribution is 2.45. The average molecular weight is 337 g/mol. The summed E-state index contributed by atoms with van der Waals surface area (Å²) < 4.78 is 14.5. The SMILES string of the molecule is Cc1nc2c(n1C)C=CC1C2N[C@H](c2ccccc2)[C@H]2OCCO[C@H]12. The van der Waals surface area contributed by atoms with Crippen LogP contribution in [0.4, 0.5) is 0 Å². The Kier molecular flexibility index (Phi) is 3.55. The summed E-state index contributed by atoms with van der Waals surface area (Å²) in [6.45, 7) is 3.37. The van der Waals surface area contributed by atoms with Gasteiger partial charge >= 0.3 is 0 Å². The first-order valence-electron chi connectivity index (χ1n) is 8.99. The number of rotatable bonds is 1. The van der Waals surface area contributed by atoms with E-state index < -0.39 is 0 Å². The lowest BCUT2D eigenvalue weighted by molar-refractivity contribution is -0.185. The molecule has 2 aromatic rings. The monoisotopic (exact) mass is 337 g/mol. The van der Waals surface area contributed by atoms with Crippen molar-refractivity contribution >= 4 is 6.08 Å². The highest BCUT2D eigenvalue weighted by molar-refractivity contribution is 5.54. The Morgan fingerprint density at radius 3 is 2.64 bits per heavy atom. The molecule has 2 saturated heterocycles. The zero-order valence-electron chi connectivity index (χ0n) is 14.6. The van der Waals surface area contributed by atoms with Crippen LogP contribution in [0.15, 0.2) is 36.4 Å². The normalized spacial score (nSPS) is 33.4. The number of nitrogens with one attached hydrogen (secondary N) is 1. The van der Waals surface area contributed by atoms with Crippen molar-refractivity contribution in [1.29, 1.82) is 0 Å². The summed E-state index contributed by atoms with van der Waals surface area (Å²) >= 11 is 0. The lowest BCUT2D eigenvalue weighted by atomic mass is 9.76. The van der Waals surface area contributed by atoms with Gasteiger partial charge in [-0.3, -0.25) is 5.32 Å². The van der Waals surface area contributed by atoms with E-state index in [-0.39, 0.29) is 30.2 Å². The van der Waals surface area contributed by atoms with Crippen LogP contribution in [-0.2, 0) is 16.5 Å². The second-order valence-electron chi connectivity index (χ2n) is 7.13. The summed E-state index contributed by atoms with van der Waals surface area (Å²) in [5.74, 6) is 1.28. The van der Waals surface area contributed by atoms with Gasteiger partial charge in [-0.15, -0.1) is 0 Å². The van der Waals surface area contributed by atoms with Crippen molar-refractivity contribution in [2.75, 3.05) is 13.2 Å². The Balaban J connectivity index is 1.59. The first-order chi connectivity index (χ1) is 12.2. The predicted molar refractivity (Wildman–Crippen MR) is 95.0 cm³/mol. The Morgan fingerprint density at radius 1 is 1.08 bits per heavy atom. The topological polar surface area (TPSA) is 48.3 Å². The molecule has 0 radical (unpaired) electrons. The lowest BCUT2D eigenvalue weighted by Gasteiger charge is -2.49.